The van der Waals surface area contributed by atoms with Gasteiger partial charge in [0.25, 0.3) is 0 Å². The average molecular weight is 156 g/mol. The summed E-state index contributed by atoms with van der Waals surface area (Å²) in [5.41, 5.74) is 0.911. The van der Waals surface area contributed by atoms with Gasteiger partial charge in [-0.25, -0.2) is 0 Å². The molecule has 0 saturated heterocycles. The van der Waals surface area contributed by atoms with Crippen molar-refractivity contribution in [1.82, 2.24) is 0 Å². The van der Waals surface area contributed by atoms with Crippen LogP contribution in [0.25, 0.3) is 0 Å². The van der Waals surface area contributed by atoms with Crippen molar-refractivity contribution in [2.75, 3.05) is 0 Å². The van der Waals surface area contributed by atoms with Gasteiger partial charge < -0.3 is 5.11 Å². The molecule has 0 aliphatic rings. The SMILES string of the molecule is CCCC([O-])c1ccccc1.[Li+]. The molecule has 1 rings (SSSR count). The maximum Gasteiger partial charge on any atom is 1.00 e. The molecule has 1 aromatic carbocycles. The third-order valence-electron chi connectivity index (χ3n) is 1.72. The number of benzene rings is 1. The molecule has 1 unspecified atom stereocenters. The van der Waals surface area contributed by atoms with Crippen LogP contribution in [-0.4, -0.2) is 0 Å². The fourth-order valence-corrected chi connectivity index (χ4v) is 1.10. The van der Waals surface area contributed by atoms with E-state index >= 15 is 0 Å². The van der Waals surface area contributed by atoms with Crippen molar-refractivity contribution in [2.45, 2.75) is 25.9 Å². The minimum absolute atomic E-state index is 0. The van der Waals surface area contributed by atoms with Crippen LogP contribution in [0.5, 0.6) is 0 Å². The zero-order valence-corrected chi connectivity index (χ0v) is 7.79. The molecule has 12 heavy (non-hydrogen) atoms. The Morgan fingerprint density at radius 2 is 1.83 bits per heavy atom. The second-order valence-electron chi connectivity index (χ2n) is 2.69. The van der Waals surface area contributed by atoms with Crippen LogP contribution in [0.15, 0.2) is 30.3 Å². The van der Waals surface area contributed by atoms with Crippen molar-refractivity contribution >= 4 is 0 Å². The van der Waals surface area contributed by atoms with Gasteiger partial charge in [0, 0.05) is 0 Å². The molecule has 60 valence electrons. The van der Waals surface area contributed by atoms with Gasteiger partial charge in [0.1, 0.15) is 0 Å². The Hall–Kier alpha value is -0.223. The maximum atomic E-state index is 11.3. The van der Waals surface area contributed by atoms with E-state index in [-0.39, 0.29) is 18.9 Å². The van der Waals surface area contributed by atoms with Crippen molar-refractivity contribution in [2.24, 2.45) is 0 Å². The first-order valence-electron chi connectivity index (χ1n) is 4.05. The topological polar surface area (TPSA) is 23.1 Å². The second kappa shape index (κ2) is 6.31. The van der Waals surface area contributed by atoms with Gasteiger partial charge >= 0.3 is 18.9 Å². The summed E-state index contributed by atoms with van der Waals surface area (Å²) in [6.45, 7) is 2.04. The first kappa shape index (κ1) is 11.8. The summed E-state index contributed by atoms with van der Waals surface area (Å²) < 4.78 is 0. The van der Waals surface area contributed by atoms with Crippen molar-refractivity contribution in [1.29, 1.82) is 0 Å². The van der Waals surface area contributed by atoms with E-state index in [1.807, 2.05) is 37.3 Å². The predicted octanol–water partition coefficient (Wildman–Crippen LogP) is -1.11. The van der Waals surface area contributed by atoms with Crippen LogP contribution in [0.4, 0.5) is 0 Å². The molecule has 0 radical (unpaired) electrons. The van der Waals surface area contributed by atoms with Crippen LogP contribution in [0.1, 0.15) is 31.4 Å². The Labute approximate surface area is 86.0 Å². The van der Waals surface area contributed by atoms with E-state index in [0.717, 1.165) is 18.4 Å². The monoisotopic (exact) mass is 156 g/mol. The zero-order chi connectivity index (χ0) is 8.10. The molecule has 1 nitrogen and oxygen atoms in total. The summed E-state index contributed by atoms with van der Waals surface area (Å²) >= 11 is 0. The number of rotatable bonds is 3. The molecule has 0 spiro atoms. The van der Waals surface area contributed by atoms with E-state index in [1.54, 1.807) is 0 Å². The zero-order valence-electron chi connectivity index (χ0n) is 7.79. The van der Waals surface area contributed by atoms with Crippen LogP contribution in [0.2, 0.25) is 0 Å². The first-order chi connectivity index (χ1) is 5.34. The molecule has 0 heterocycles. The molecule has 0 aliphatic heterocycles. The van der Waals surface area contributed by atoms with E-state index in [9.17, 15) is 5.11 Å². The first-order valence-corrected chi connectivity index (χ1v) is 4.05. The normalized spacial score (nSPS) is 11.8. The third kappa shape index (κ3) is 3.45. The Morgan fingerprint density at radius 1 is 1.25 bits per heavy atom. The predicted molar refractivity (Wildman–Crippen MR) is 44.1 cm³/mol. The van der Waals surface area contributed by atoms with Gasteiger partial charge in [0.2, 0.25) is 0 Å². The standard InChI is InChI=1S/C10H13O.Li/c1-2-6-10(11)9-7-4-3-5-8-9;/h3-5,7-8,10H,2,6H2,1H3;/q-1;+1. The summed E-state index contributed by atoms with van der Waals surface area (Å²) in [6.07, 6.45) is 1.17. The Bertz CT molecular complexity index is 198. The molecule has 2 heteroatoms. The van der Waals surface area contributed by atoms with E-state index < -0.39 is 6.10 Å². The van der Waals surface area contributed by atoms with Crippen molar-refractivity contribution < 1.29 is 24.0 Å². The minimum atomic E-state index is -0.527. The number of hydrogen-bond donors (Lipinski definition) is 0. The summed E-state index contributed by atoms with van der Waals surface area (Å²) in [6, 6.07) is 9.55. The molecular formula is C10H13LiO. The van der Waals surface area contributed by atoms with Crippen LogP contribution in [0, 0.1) is 0 Å². The summed E-state index contributed by atoms with van der Waals surface area (Å²) in [7, 11) is 0. The van der Waals surface area contributed by atoms with Gasteiger partial charge in [0.05, 0.1) is 0 Å². The van der Waals surface area contributed by atoms with Crippen LogP contribution >= 0.6 is 0 Å². The summed E-state index contributed by atoms with van der Waals surface area (Å²) in [4.78, 5) is 0. The van der Waals surface area contributed by atoms with E-state index in [4.69, 9.17) is 0 Å². The summed E-state index contributed by atoms with van der Waals surface area (Å²) in [5, 5.41) is 11.3. The van der Waals surface area contributed by atoms with E-state index in [2.05, 4.69) is 0 Å². The van der Waals surface area contributed by atoms with Crippen LogP contribution in [-0.2, 0) is 0 Å². The van der Waals surface area contributed by atoms with Gasteiger partial charge in [-0.3, -0.25) is 0 Å². The van der Waals surface area contributed by atoms with Crippen molar-refractivity contribution in [3.63, 3.8) is 0 Å². The quantitative estimate of drug-likeness (QED) is 0.509. The Morgan fingerprint density at radius 3 is 2.33 bits per heavy atom. The minimum Gasteiger partial charge on any atom is -0.849 e. The largest absolute Gasteiger partial charge is 1.00 e. The molecule has 1 atom stereocenters. The maximum absolute atomic E-state index is 11.3. The van der Waals surface area contributed by atoms with E-state index in [0.29, 0.717) is 0 Å². The molecule has 0 N–H and O–H groups in total. The summed E-state index contributed by atoms with van der Waals surface area (Å²) in [5.74, 6) is 0. The molecule has 0 bridgehead atoms. The smallest absolute Gasteiger partial charge is 0.849 e. The third-order valence-corrected chi connectivity index (χ3v) is 1.72. The molecule has 0 aromatic heterocycles. The average Bonchev–Trinajstić information content (AvgIpc) is 2.07. The van der Waals surface area contributed by atoms with E-state index in [1.165, 1.54) is 0 Å². The van der Waals surface area contributed by atoms with Crippen LogP contribution < -0.4 is 24.0 Å². The Balaban J connectivity index is 0.00000121. The van der Waals surface area contributed by atoms with Crippen molar-refractivity contribution in [3.05, 3.63) is 35.9 Å². The van der Waals surface area contributed by atoms with Gasteiger partial charge in [-0.1, -0.05) is 55.7 Å². The molecule has 0 amide bonds. The van der Waals surface area contributed by atoms with Gasteiger partial charge in [-0.15, -0.1) is 6.10 Å². The van der Waals surface area contributed by atoms with Crippen molar-refractivity contribution in [3.8, 4) is 0 Å². The second-order valence-corrected chi connectivity index (χ2v) is 2.69. The molecular weight excluding hydrogens is 143 g/mol. The Kier molecular flexibility index (Phi) is 6.19. The van der Waals surface area contributed by atoms with Gasteiger partial charge in [-0.05, 0) is 0 Å². The molecule has 0 saturated carbocycles. The van der Waals surface area contributed by atoms with Crippen LogP contribution in [0.3, 0.4) is 0 Å². The number of hydrogen-bond acceptors (Lipinski definition) is 1. The molecule has 1 aromatic rings. The fraction of sp³-hybridized carbons (Fsp3) is 0.400. The fourth-order valence-electron chi connectivity index (χ4n) is 1.10. The van der Waals surface area contributed by atoms with Gasteiger partial charge in [-0.2, -0.15) is 0 Å². The van der Waals surface area contributed by atoms with Gasteiger partial charge in [0.15, 0.2) is 0 Å². The molecule has 0 fully saturated rings. The molecule has 0 aliphatic carbocycles.